The maximum atomic E-state index is 13.0. The monoisotopic (exact) mass is 433 g/mol. The van der Waals surface area contributed by atoms with Crippen LogP contribution in [0.5, 0.6) is 0 Å². The molecular weight excluding hydrogens is 406 g/mol. The summed E-state index contributed by atoms with van der Waals surface area (Å²) in [6, 6.07) is 7.84. The number of nitrogens with zero attached hydrogens (tertiary/aromatic N) is 2. The minimum absolute atomic E-state index is 0.175. The Morgan fingerprint density at radius 2 is 2.00 bits per heavy atom. The summed E-state index contributed by atoms with van der Waals surface area (Å²) >= 11 is 2.82. The van der Waals surface area contributed by atoms with E-state index < -0.39 is 11.9 Å². The maximum absolute atomic E-state index is 13.0. The Bertz CT molecular complexity index is 832. The molecule has 1 fully saturated rings. The number of nitrogens with one attached hydrogen (secondary N) is 1. The van der Waals surface area contributed by atoms with Crippen LogP contribution in [0.25, 0.3) is 0 Å². The molecule has 0 radical (unpaired) electrons. The van der Waals surface area contributed by atoms with Gasteiger partial charge in [0.25, 0.3) is 0 Å². The number of carbonyl (C=O) groups excluding carboxylic acids is 1. The molecule has 3 rings (SSSR count). The van der Waals surface area contributed by atoms with Crippen LogP contribution in [0.1, 0.15) is 38.2 Å². The summed E-state index contributed by atoms with van der Waals surface area (Å²) in [5.74, 6) is -0.232. The number of thioether (sulfide) groups is 1. The van der Waals surface area contributed by atoms with E-state index in [1.54, 1.807) is 13.1 Å². The van der Waals surface area contributed by atoms with Gasteiger partial charge in [0.15, 0.2) is 5.13 Å². The molecule has 2 N–H and O–H groups in total. The van der Waals surface area contributed by atoms with Crippen LogP contribution in [0.2, 0.25) is 0 Å². The molecule has 8 heteroatoms. The number of rotatable bonds is 8. The highest BCUT2D eigenvalue weighted by molar-refractivity contribution is 8.01. The predicted octanol–water partition coefficient (Wildman–Crippen LogP) is 5.49. The topological polar surface area (TPSA) is 82.5 Å². The lowest BCUT2D eigenvalue weighted by molar-refractivity contribution is -0.140. The molecule has 1 unspecified atom stereocenters. The molecule has 1 saturated carbocycles. The van der Waals surface area contributed by atoms with Gasteiger partial charge in [-0.2, -0.15) is 0 Å². The van der Waals surface area contributed by atoms with Crippen molar-refractivity contribution in [3.8, 4) is 0 Å². The number of benzene rings is 1. The molecule has 156 valence electrons. The van der Waals surface area contributed by atoms with Gasteiger partial charge in [0.1, 0.15) is 0 Å². The lowest BCUT2D eigenvalue weighted by Gasteiger charge is -2.25. The maximum Gasteiger partial charge on any atom is 0.328 e. The summed E-state index contributed by atoms with van der Waals surface area (Å²) in [5, 5.41) is 12.5. The molecule has 2 aromatic rings. The van der Waals surface area contributed by atoms with Crippen molar-refractivity contribution in [2.75, 3.05) is 22.5 Å². The number of aliphatic carboxylic acids is 1. The van der Waals surface area contributed by atoms with Crippen LogP contribution in [-0.4, -0.2) is 34.4 Å². The van der Waals surface area contributed by atoms with Crippen molar-refractivity contribution in [2.45, 2.75) is 43.7 Å². The van der Waals surface area contributed by atoms with Crippen LogP contribution in [0.4, 0.5) is 15.6 Å². The van der Waals surface area contributed by atoms with Crippen LogP contribution in [0.3, 0.4) is 0 Å². The van der Waals surface area contributed by atoms with Gasteiger partial charge in [0.05, 0.1) is 16.3 Å². The molecule has 1 aromatic heterocycles. The van der Waals surface area contributed by atoms with E-state index in [4.69, 9.17) is 5.11 Å². The van der Waals surface area contributed by atoms with E-state index in [1.807, 2.05) is 36.1 Å². The Balaban J connectivity index is 1.66. The molecule has 0 aliphatic heterocycles. The average molecular weight is 434 g/mol. The third kappa shape index (κ3) is 6.21. The second kappa shape index (κ2) is 10.1. The highest BCUT2D eigenvalue weighted by atomic mass is 32.2. The minimum atomic E-state index is -0.809. The van der Waals surface area contributed by atoms with Crippen LogP contribution < -0.4 is 10.2 Å². The van der Waals surface area contributed by atoms with E-state index in [2.05, 4.69) is 10.3 Å². The molecular formula is C21H27N3O3S2. The number of carboxylic acid groups (broad SMARTS) is 1. The quantitative estimate of drug-likeness (QED) is 0.538. The Morgan fingerprint density at radius 1 is 1.31 bits per heavy atom. The average Bonchev–Trinajstić information content (AvgIpc) is 3.36. The number of aromatic nitrogens is 1. The fourth-order valence-electron chi connectivity index (χ4n) is 3.30. The van der Waals surface area contributed by atoms with Crippen molar-refractivity contribution in [3.05, 3.63) is 36.0 Å². The number of thiazole rings is 1. The van der Waals surface area contributed by atoms with Crippen LogP contribution in [0.15, 0.2) is 34.7 Å². The number of hydrogen-bond donors (Lipinski definition) is 2. The summed E-state index contributed by atoms with van der Waals surface area (Å²) in [4.78, 5) is 30.1. The molecule has 2 amide bonds. The van der Waals surface area contributed by atoms with Gasteiger partial charge in [-0.25, -0.2) is 9.78 Å². The highest BCUT2D eigenvalue weighted by Crippen LogP contribution is 2.31. The summed E-state index contributed by atoms with van der Waals surface area (Å²) in [5.41, 5.74) is 2.05. The van der Waals surface area contributed by atoms with Gasteiger partial charge in [-0.1, -0.05) is 48.8 Å². The summed E-state index contributed by atoms with van der Waals surface area (Å²) in [6.07, 6.45) is 6.48. The van der Waals surface area contributed by atoms with Gasteiger partial charge in [-0.15, -0.1) is 11.8 Å². The minimum Gasteiger partial charge on any atom is -0.481 e. The molecule has 1 aliphatic rings. The highest BCUT2D eigenvalue weighted by Gasteiger charge is 2.24. The van der Waals surface area contributed by atoms with E-state index in [-0.39, 0.29) is 6.03 Å². The number of hydrogen-bond acceptors (Lipinski definition) is 5. The van der Waals surface area contributed by atoms with E-state index in [1.165, 1.54) is 35.9 Å². The number of amides is 2. The summed E-state index contributed by atoms with van der Waals surface area (Å²) < 4.78 is 0.895. The zero-order valence-corrected chi connectivity index (χ0v) is 18.4. The van der Waals surface area contributed by atoms with E-state index >= 15 is 0 Å². The van der Waals surface area contributed by atoms with Crippen molar-refractivity contribution >= 4 is 45.9 Å². The first-order chi connectivity index (χ1) is 13.9. The molecule has 6 nitrogen and oxygen atoms in total. The lowest BCUT2D eigenvalue weighted by atomic mass is 10.1. The Hall–Kier alpha value is -2.06. The third-order valence-electron chi connectivity index (χ3n) is 5.10. The van der Waals surface area contributed by atoms with E-state index in [0.717, 1.165) is 28.3 Å². The molecule has 1 heterocycles. The largest absolute Gasteiger partial charge is 0.481 e. The standard InChI is InChI=1S/C21H27N3O3S2/c1-14-7-9-17(10-8-14)24(12-16-5-3-4-6-16)21(27)23-20-22-11-18(29-20)28-13-15(2)19(25)26/h7-11,15-16H,3-6,12-13H2,1-2H3,(H,25,26)(H,22,23,27). The molecule has 1 aromatic carbocycles. The van der Waals surface area contributed by atoms with Gasteiger partial charge in [-0.3, -0.25) is 15.0 Å². The molecule has 1 aliphatic carbocycles. The molecule has 0 bridgehead atoms. The Morgan fingerprint density at radius 3 is 2.66 bits per heavy atom. The second-order valence-electron chi connectivity index (χ2n) is 7.56. The molecule has 0 saturated heterocycles. The van der Waals surface area contributed by atoms with Gasteiger partial charge >= 0.3 is 12.0 Å². The van der Waals surface area contributed by atoms with Crippen molar-refractivity contribution < 1.29 is 14.7 Å². The Kier molecular flexibility index (Phi) is 7.55. The number of urea groups is 1. The number of carboxylic acids is 1. The zero-order valence-electron chi connectivity index (χ0n) is 16.8. The first-order valence-corrected chi connectivity index (χ1v) is 11.7. The van der Waals surface area contributed by atoms with Crippen LogP contribution in [0, 0.1) is 18.8 Å². The van der Waals surface area contributed by atoms with Crippen LogP contribution in [-0.2, 0) is 4.79 Å². The van der Waals surface area contributed by atoms with Crippen molar-refractivity contribution in [3.63, 3.8) is 0 Å². The van der Waals surface area contributed by atoms with Crippen molar-refractivity contribution in [1.82, 2.24) is 4.98 Å². The second-order valence-corrected chi connectivity index (χ2v) is 9.91. The fourth-order valence-corrected chi connectivity index (χ4v) is 5.20. The van der Waals surface area contributed by atoms with Crippen molar-refractivity contribution in [1.29, 1.82) is 0 Å². The number of aryl methyl sites for hydroxylation is 1. The first-order valence-electron chi connectivity index (χ1n) is 9.89. The number of carbonyl (C=O) groups is 2. The fraction of sp³-hybridized carbons (Fsp3) is 0.476. The molecule has 29 heavy (non-hydrogen) atoms. The molecule has 0 spiro atoms. The third-order valence-corrected chi connectivity index (χ3v) is 7.47. The normalized spacial score (nSPS) is 15.2. The number of anilines is 2. The predicted molar refractivity (Wildman–Crippen MR) is 119 cm³/mol. The SMILES string of the molecule is Cc1ccc(N(CC2CCCC2)C(=O)Nc2ncc(SCC(C)C(=O)O)s2)cc1. The smallest absolute Gasteiger partial charge is 0.328 e. The van der Waals surface area contributed by atoms with E-state index in [0.29, 0.717) is 23.3 Å². The Labute approximate surface area is 179 Å². The summed E-state index contributed by atoms with van der Waals surface area (Å²) in [7, 11) is 0. The van der Waals surface area contributed by atoms with Gasteiger partial charge in [-0.05, 0) is 37.8 Å². The summed E-state index contributed by atoms with van der Waals surface area (Å²) in [6.45, 7) is 4.42. The van der Waals surface area contributed by atoms with Gasteiger partial charge < -0.3 is 5.11 Å². The van der Waals surface area contributed by atoms with Gasteiger partial charge in [0, 0.05) is 18.0 Å². The van der Waals surface area contributed by atoms with Crippen LogP contribution >= 0.6 is 23.1 Å². The zero-order chi connectivity index (χ0) is 20.8. The van der Waals surface area contributed by atoms with Gasteiger partial charge in [0.2, 0.25) is 0 Å². The first kappa shape index (κ1) is 21.6. The van der Waals surface area contributed by atoms with E-state index in [9.17, 15) is 9.59 Å². The lowest BCUT2D eigenvalue weighted by Crippen LogP contribution is -2.38. The van der Waals surface area contributed by atoms with Crippen molar-refractivity contribution in [2.24, 2.45) is 11.8 Å². The molecule has 1 atom stereocenters.